The first-order chi connectivity index (χ1) is 12.3. The van der Waals surface area contributed by atoms with Gasteiger partial charge in [0.25, 0.3) is 0 Å². The highest BCUT2D eigenvalue weighted by atomic mass is 16.3. The summed E-state index contributed by atoms with van der Waals surface area (Å²) in [4.78, 5) is 6.97. The van der Waals surface area contributed by atoms with Crippen molar-refractivity contribution in [2.45, 2.75) is 25.7 Å². The monoisotopic (exact) mass is 334 g/mol. The zero-order valence-electron chi connectivity index (χ0n) is 14.0. The van der Waals surface area contributed by atoms with Crippen LogP contribution in [0.25, 0.3) is 16.7 Å². The van der Waals surface area contributed by atoms with Crippen molar-refractivity contribution >= 4 is 22.6 Å². The molecule has 0 radical (unpaired) electrons. The lowest BCUT2D eigenvalue weighted by Gasteiger charge is -2.31. The van der Waals surface area contributed by atoms with Crippen LogP contribution in [-0.2, 0) is 0 Å². The van der Waals surface area contributed by atoms with Gasteiger partial charge in [-0.2, -0.15) is 4.52 Å². The lowest BCUT2D eigenvalue weighted by molar-refractivity contribution is 0.411. The van der Waals surface area contributed by atoms with E-state index < -0.39 is 0 Å². The molecule has 0 aliphatic carbocycles. The predicted molar refractivity (Wildman–Crippen MR) is 93.7 cm³/mol. The number of para-hydroxylation sites is 2. The number of aromatic nitrogens is 5. The molecule has 1 aliphatic heterocycles. The number of anilines is 1. The Morgan fingerprint density at radius 2 is 2.04 bits per heavy atom. The second kappa shape index (κ2) is 5.54. The highest BCUT2D eigenvalue weighted by molar-refractivity contribution is 5.72. The molecule has 7 heteroatoms. The van der Waals surface area contributed by atoms with Crippen molar-refractivity contribution < 1.29 is 4.42 Å². The van der Waals surface area contributed by atoms with Crippen LogP contribution in [0.1, 0.15) is 30.5 Å². The number of hydrogen-bond acceptors (Lipinski definition) is 6. The normalized spacial score (nSPS) is 18.3. The molecule has 1 aliphatic rings. The largest absolute Gasteiger partial charge is 0.440 e. The molecule has 0 bridgehead atoms. The van der Waals surface area contributed by atoms with Crippen LogP contribution in [0.15, 0.2) is 40.8 Å². The Morgan fingerprint density at radius 1 is 1.12 bits per heavy atom. The van der Waals surface area contributed by atoms with Gasteiger partial charge in [0.1, 0.15) is 11.3 Å². The molecular weight excluding hydrogens is 316 g/mol. The van der Waals surface area contributed by atoms with E-state index in [-0.39, 0.29) is 5.92 Å². The molecule has 25 heavy (non-hydrogen) atoms. The van der Waals surface area contributed by atoms with E-state index in [0.29, 0.717) is 0 Å². The van der Waals surface area contributed by atoms with Gasteiger partial charge in [0, 0.05) is 13.1 Å². The summed E-state index contributed by atoms with van der Waals surface area (Å²) in [7, 11) is 0. The van der Waals surface area contributed by atoms with Crippen LogP contribution in [0.4, 0.5) is 5.82 Å². The minimum Gasteiger partial charge on any atom is -0.440 e. The number of oxazole rings is 1. The molecule has 0 spiro atoms. The fourth-order valence-electron chi connectivity index (χ4n) is 3.51. The Kier molecular flexibility index (Phi) is 3.19. The van der Waals surface area contributed by atoms with Crippen molar-refractivity contribution in [1.29, 1.82) is 0 Å². The van der Waals surface area contributed by atoms with Crippen LogP contribution in [0.2, 0.25) is 0 Å². The van der Waals surface area contributed by atoms with Crippen molar-refractivity contribution in [3.63, 3.8) is 0 Å². The number of rotatable bonds is 2. The Morgan fingerprint density at radius 3 is 2.96 bits per heavy atom. The van der Waals surface area contributed by atoms with Gasteiger partial charge in [-0.15, -0.1) is 15.3 Å². The van der Waals surface area contributed by atoms with Gasteiger partial charge in [0.05, 0.1) is 5.92 Å². The average molecular weight is 334 g/mol. The first kappa shape index (κ1) is 14.4. The quantitative estimate of drug-likeness (QED) is 0.561. The summed E-state index contributed by atoms with van der Waals surface area (Å²) >= 11 is 0. The lowest BCUT2D eigenvalue weighted by Crippen LogP contribution is -2.35. The van der Waals surface area contributed by atoms with E-state index in [4.69, 9.17) is 9.52 Å². The molecular formula is C18H18N6O. The van der Waals surface area contributed by atoms with E-state index in [1.54, 1.807) is 4.52 Å². The first-order valence-electron chi connectivity index (χ1n) is 8.57. The van der Waals surface area contributed by atoms with Gasteiger partial charge in [-0.3, -0.25) is 0 Å². The van der Waals surface area contributed by atoms with E-state index in [2.05, 4.69) is 20.1 Å². The maximum absolute atomic E-state index is 5.99. The Bertz CT molecular complexity index is 1020. The summed E-state index contributed by atoms with van der Waals surface area (Å²) in [6.45, 7) is 3.75. The van der Waals surface area contributed by atoms with Gasteiger partial charge >= 0.3 is 0 Å². The zero-order valence-corrected chi connectivity index (χ0v) is 14.0. The number of aryl methyl sites for hydroxylation is 1. The summed E-state index contributed by atoms with van der Waals surface area (Å²) < 4.78 is 7.78. The van der Waals surface area contributed by atoms with Crippen LogP contribution < -0.4 is 4.90 Å². The maximum atomic E-state index is 5.99. The Hall–Kier alpha value is -2.96. The van der Waals surface area contributed by atoms with Crippen LogP contribution >= 0.6 is 0 Å². The third-order valence-corrected chi connectivity index (χ3v) is 4.81. The van der Waals surface area contributed by atoms with Crippen LogP contribution in [0.3, 0.4) is 0 Å². The number of hydrogen-bond donors (Lipinski definition) is 0. The lowest BCUT2D eigenvalue weighted by atomic mass is 9.98. The van der Waals surface area contributed by atoms with E-state index in [9.17, 15) is 0 Å². The molecule has 1 unspecified atom stereocenters. The number of nitrogens with zero attached hydrogens (tertiary/aromatic N) is 6. The maximum Gasteiger partial charge on any atom is 0.200 e. The topological polar surface area (TPSA) is 72.3 Å². The molecule has 5 rings (SSSR count). The number of benzene rings is 1. The van der Waals surface area contributed by atoms with Gasteiger partial charge in [0.2, 0.25) is 0 Å². The van der Waals surface area contributed by atoms with Gasteiger partial charge in [-0.05, 0) is 44.0 Å². The third-order valence-electron chi connectivity index (χ3n) is 4.81. The van der Waals surface area contributed by atoms with Gasteiger partial charge in [0.15, 0.2) is 22.9 Å². The molecule has 0 N–H and O–H groups in total. The van der Waals surface area contributed by atoms with Crippen LogP contribution in [0, 0.1) is 6.92 Å². The summed E-state index contributed by atoms with van der Waals surface area (Å²) in [5, 5.41) is 12.9. The molecule has 0 amide bonds. The molecule has 4 heterocycles. The summed E-state index contributed by atoms with van der Waals surface area (Å²) in [6, 6.07) is 11.9. The second-order valence-corrected chi connectivity index (χ2v) is 6.51. The van der Waals surface area contributed by atoms with E-state index >= 15 is 0 Å². The molecule has 1 saturated heterocycles. The molecule has 1 aromatic carbocycles. The van der Waals surface area contributed by atoms with Crippen molar-refractivity contribution in [2.75, 3.05) is 18.0 Å². The van der Waals surface area contributed by atoms with Crippen molar-refractivity contribution in [2.24, 2.45) is 0 Å². The van der Waals surface area contributed by atoms with Crippen molar-refractivity contribution in [1.82, 2.24) is 24.8 Å². The Labute approximate surface area is 144 Å². The standard InChI is InChI=1S/C18H18N6O/c1-12-20-21-16-8-9-17(22-24(12)16)23-10-4-5-13(11-23)18-19-14-6-2-3-7-15(14)25-18/h2-3,6-9,13H,4-5,10-11H2,1H3. The highest BCUT2D eigenvalue weighted by Crippen LogP contribution is 2.30. The second-order valence-electron chi connectivity index (χ2n) is 6.51. The molecule has 1 atom stereocenters. The van der Waals surface area contributed by atoms with Crippen LogP contribution in [-0.4, -0.2) is 37.9 Å². The van der Waals surface area contributed by atoms with E-state index in [1.807, 2.05) is 43.3 Å². The van der Waals surface area contributed by atoms with Crippen molar-refractivity contribution in [3.05, 3.63) is 48.1 Å². The minimum absolute atomic E-state index is 0.278. The molecule has 126 valence electrons. The van der Waals surface area contributed by atoms with E-state index in [1.165, 1.54) is 0 Å². The average Bonchev–Trinajstić information content (AvgIpc) is 3.25. The molecule has 0 saturated carbocycles. The van der Waals surface area contributed by atoms with Gasteiger partial charge < -0.3 is 9.32 Å². The fourth-order valence-corrected chi connectivity index (χ4v) is 3.51. The minimum atomic E-state index is 0.278. The highest BCUT2D eigenvalue weighted by Gasteiger charge is 2.26. The SMILES string of the molecule is Cc1nnc2ccc(N3CCCC(c4nc5ccccc5o4)C3)nn12. The smallest absolute Gasteiger partial charge is 0.200 e. The predicted octanol–water partition coefficient (Wildman–Crippen LogP) is 2.96. The molecule has 7 nitrogen and oxygen atoms in total. The summed E-state index contributed by atoms with van der Waals surface area (Å²) in [5.41, 5.74) is 2.55. The Balaban J connectivity index is 1.45. The number of piperidine rings is 1. The third kappa shape index (κ3) is 2.43. The molecule has 1 fully saturated rings. The fraction of sp³-hybridized carbons (Fsp3) is 0.333. The van der Waals surface area contributed by atoms with Crippen molar-refractivity contribution in [3.8, 4) is 0 Å². The van der Waals surface area contributed by atoms with E-state index in [0.717, 1.165) is 60.2 Å². The number of fused-ring (bicyclic) bond motifs is 2. The van der Waals surface area contributed by atoms with Gasteiger partial charge in [-0.1, -0.05) is 12.1 Å². The summed E-state index contributed by atoms with van der Waals surface area (Å²) in [6.07, 6.45) is 2.17. The summed E-state index contributed by atoms with van der Waals surface area (Å²) in [5.74, 6) is 2.84. The molecule has 4 aromatic rings. The van der Waals surface area contributed by atoms with Gasteiger partial charge in [-0.25, -0.2) is 4.98 Å². The van der Waals surface area contributed by atoms with Crippen LogP contribution in [0.5, 0.6) is 0 Å². The molecule has 3 aromatic heterocycles. The zero-order chi connectivity index (χ0) is 16.8. The first-order valence-corrected chi connectivity index (χ1v) is 8.57.